The maximum absolute atomic E-state index is 12.3. The van der Waals surface area contributed by atoms with Gasteiger partial charge < -0.3 is 5.32 Å². The molecule has 0 saturated heterocycles. The van der Waals surface area contributed by atoms with Crippen LogP contribution in [0.5, 0.6) is 0 Å². The maximum atomic E-state index is 12.3. The van der Waals surface area contributed by atoms with E-state index in [2.05, 4.69) is 15.4 Å². The molecule has 8 nitrogen and oxygen atoms in total. The molecule has 3 rings (SSSR count). The zero-order valence-electron chi connectivity index (χ0n) is 14.6. The number of nitrogens with zero attached hydrogens (tertiary/aromatic N) is 4. The zero-order chi connectivity index (χ0) is 19.6. The van der Waals surface area contributed by atoms with Crippen molar-refractivity contribution >= 4 is 34.5 Å². The molecule has 1 N–H and O–H groups in total. The van der Waals surface area contributed by atoms with Gasteiger partial charge >= 0.3 is 0 Å². The van der Waals surface area contributed by atoms with Crippen LogP contribution in [-0.2, 0) is 6.42 Å². The van der Waals surface area contributed by atoms with Crippen molar-refractivity contribution in [2.24, 2.45) is 0 Å². The summed E-state index contributed by atoms with van der Waals surface area (Å²) in [4.78, 5) is 27.1. The van der Waals surface area contributed by atoms with Crippen LogP contribution >= 0.6 is 22.9 Å². The van der Waals surface area contributed by atoms with Gasteiger partial charge in [-0.05, 0) is 26.0 Å². The highest BCUT2D eigenvalue weighted by Gasteiger charge is 2.16. The van der Waals surface area contributed by atoms with Crippen molar-refractivity contribution in [3.05, 3.63) is 67.4 Å². The van der Waals surface area contributed by atoms with Crippen LogP contribution in [-0.4, -0.2) is 32.1 Å². The molecular formula is C17H16ClN5O3S. The van der Waals surface area contributed by atoms with E-state index >= 15 is 0 Å². The second kappa shape index (κ2) is 7.85. The molecule has 0 saturated carbocycles. The predicted molar refractivity (Wildman–Crippen MR) is 103 cm³/mol. The fourth-order valence-electron chi connectivity index (χ4n) is 2.53. The number of thiazole rings is 1. The Labute approximate surface area is 164 Å². The summed E-state index contributed by atoms with van der Waals surface area (Å²) in [5, 5.41) is 20.8. The Kier molecular flexibility index (Phi) is 5.52. The van der Waals surface area contributed by atoms with E-state index in [1.807, 2.05) is 25.3 Å². The van der Waals surface area contributed by atoms with Crippen LogP contribution in [0.4, 0.5) is 5.69 Å². The van der Waals surface area contributed by atoms with Gasteiger partial charge in [-0.3, -0.25) is 14.9 Å². The fourth-order valence-corrected chi connectivity index (χ4v) is 3.60. The number of aryl methyl sites for hydroxylation is 2. The van der Waals surface area contributed by atoms with Gasteiger partial charge in [0.1, 0.15) is 0 Å². The van der Waals surface area contributed by atoms with E-state index < -0.39 is 10.8 Å². The van der Waals surface area contributed by atoms with Crippen LogP contribution < -0.4 is 5.32 Å². The first-order valence-electron chi connectivity index (χ1n) is 8.05. The number of benzene rings is 1. The van der Waals surface area contributed by atoms with Crippen LogP contribution in [0.25, 0.3) is 5.13 Å². The Morgan fingerprint density at radius 2 is 2.15 bits per heavy atom. The first kappa shape index (κ1) is 19.0. The van der Waals surface area contributed by atoms with Gasteiger partial charge in [0, 0.05) is 36.2 Å². The van der Waals surface area contributed by atoms with E-state index in [0.29, 0.717) is 13.0 Å². The minimum absolute atomic E-state index is 0.0764. The number of aromatic nitrogens is 3. The molecule has 2 aromatic heterocycles. The fraction of sp³-hybridized carbons (Fsp3) is 0.235. The van der Waals surface area contributed by atoms with Crippen LogP contribution in [0.2, 0.25) is 5.02 Å². The number of hydrogen-bond donors (Lipinski definition) is 1. The molecule has 0 aliphatic heterocycles. The quantitative estimate of drug-likeness (QED) is 0.499. The largest absolute Gasteiger partial charge is 0.352 e. The minimum atomic E-state index is -0.567. The van der Waals surface area contributed by atoms with Crippen molar-refractivity contribution in [3.63, 3.8) is 0 Å². The molecule has 27 heavy (non-hydrogen) atoms. The van der Waals surface area contributed by atoms with E-state index in [1.54, 1.807) is 4.68 Å². The van der Waals surface area contributed by atoms with Gasteiger partial charge in [0.2, 0.25) is 5.13 Å². The van der Waals surface area contributed by atoms with Gasteiger partial charge in [0.05, 0.1) is 26.9 Å². The first-order chi connectivity index (χ1) is 12.8. The van der Waals surface area contributed by atoms with Crippen molar-refractivity contribution in [2.75, 3.05) is 6.54 Å². The average molecular weight is 406 g/mol. The van der Waals surface area contributed by atoms with E-state index in [9.17, 15) is 14.9 Å². The van der Waals surface area contributed by atoms with Gasteiger partial charge in [-0.25, -0.2) is 9.67 Å². The third-order valence-corrected chi connectivity index (χ3v) is 5.00. The van der Waals surface area contributed by atoms with E-state index in [1.165, 1.54) is 29.5 Å². The van der Waals surface area contributed by atoms with Crippen molar-refractivity contribution < 1.29 is 9.72 Å². The van der Waals surface area contributed by atoms with Crippen molar-refractivity contribution in [1.29, 1.82) is 0 Å². The standard InChI is InChI=1S/C17H16ClN5O3S/c1-10-7-11(2)22(21-10)17-20-12(9-27-17)5-6-19-16(24)14-8-13(23(25)26)3-4-15(14)18/h3-4,7-9H,5-6H2,1-2H3,(H,19,24). The molecule has 0 radical (unpaired) electrons. The number of nitro benzene ring substituents is 1. The molecule has 0 spiro atoms. The van der Waals surface area contributed by atoms with Gasteiger partial charge in [-0.1, -0.05) is 11.6 Å². The average Bonchev–Trinajstić information content (AvgIpc) is 3.20. The molecule has 1 amide bonds. The van der Waals surface area contributed by atoms with Crippen LogP contribution in [0.15, 0.2) is 29.6 Å². The molecule has 1 aromatic carbocycles. The van der Waals surface area contributed by atoms with Crippen molar-refractivity contribution in [3.8, 4) is 5.13 Å². The summed E-state index contributed by atoms with van der Waals surface area (Å²) in [6, 6.07) is 5.75. The van der Waals surface area contributed by atoms with E-state index in [-0.39, 0.29) is 16.3 Å². The third kappa shape index (κ3) is 4.32. The molecule has 0 fully saturated rings. The molecule has 0 aliphatic carbocycles. The molecule has 140 valence electrons. The number of rotatable bonds is 6. The van der Waals surface area contributed by atoms with Crippen LogP contribution in [0.3, 0.4) is 0 Å². The predicted octanol–water partition coefficient (Wildman–Crippen LogP) is 3.48. The Bertz CT molecular complexity index is 1010. The summed E-state index contributed by atoms with van der Waals surface area (Å²) in [6.45, 7) is 4.22. The third-order valence-electron chi connectivity index (χ3n) is 3.80. The normalized spacial score (nSPS) is 10.8. The monoisotopic (exact) mass is 405 g/mol. The highest BCUT2D eigenvalue weighted by atomic mass is 35.5. The number of nitro groups is 1. The topological polar surface area (TPSA) is 103 Å². The van der Waals surface area contributed by atoms with Crippen molar-refractivity contribution in [2.45, 2.75) is 20.3 Å². The summed E-state index contributed by atoms with van der Waals surface area (Å²) in [7, 11) is 0. The minimum Gasteiger partial charge on any atom is -0.352 e. The lowest BCUT2D eigenvalue weighted by Gasteiger charge is -2.06. The van der Waals surface area contributed by atoms with Crippen molar-refractivity contribution in [1.82, 2.24) is 20.1 Å². The van der Waals surface area contributed by atoms with Gasteiger partial charge in [-0.2, -0.15) is 5.10 Å². The second-order valence-electron chi connectivity index (χ2n) is 5.89. The summed E-state index contributed by atoms with van der Waals surface area (Å²) in [5.41, 5.74) is 2.64. The zero-order valence-corrected chi connectivity index (χ0v) is 16.2. The summed E-state index contributed by atoms with van der Waals surface area (Å²) in [5.74, 6) is -0.460. The molecule has 0 aliphatic rings. The van der Waals surface area contributed by atoms with Crippen LogP contribution in [0.1, 0.15) is 27.4 Å². The molecule has 0 atom stereocenters. The van der Waals surface area contributed by atoms with E-state index in [4.69, 9.17) is 11.6 Å². The number of carbonyl (C=O) groups is 1. The number of carbonyl (C=O) groups excluding carboxylic acids is 1. The van der Waals surface area contributed by atoms with E-state index in [0.717, 1.165) is 22.2 Å². The lowest BCUT2D eigenvalue weighted by molar-refractivity contribution is -0.384. The Morgan fingerprint density at radius 1 is 1.37 bits per heavy atom. The lowest BCUT2D eigenvalue weighted by atomic mass is 10.2. The number of amides is 1. The Balaban J connectivity index is 1.62. The summed E-state index contributed by atoms with van der Waals surface area (Å²) >= 11 is 7.45. The van der Waals surface area contributed by atoms with Gasteiger partial charge in [0.15, 0.2) is 0 Å². The highest BCUT2D eigenvalue weighted by Crippen LogP contribution is 2.22. The second-order valence-corrected chi connectivity index (χ2v) is 7.13. The molecule has 0 bridgehead atoms. The number of halogens is 1. The first-order valence-corrected chi connectivity index (χ1v) is 9.31. The molecule has 3 aromatic rings. The maximum Gasteiger partial charge on any atom is 0.270 e. The van der Waals surface area contributed by atoms with Crippen LogP contribution in [0, 0.1) is 24.0 Å². The highest BCUT2D eigenvalue weighted by molar-refractivity contribution is 7.12. The Hall–Kier alpha value is -2.78. The molecular weight excluding hydrogens is 390 g/mol. The van der Waals surface area contributed by atoms with Gasteiger partial charge in [0.25, 0.3) is 11.6 Å². The number of non-ortho nitro benzene ring substituents is 1. The lowest BCUT2D eigenvalue weighted by Crippen LogP contribution is -2.26. The SMILES string of the molecule is Cc1cc(C)n(-c2nc(CCNC(=O)c3cc([N+](=O)[O-])ccc3Cl)cs2)n1. The summed E-state index contributed by atoms with van der Waals surface area (Å²) < 4.78 is 1.78. The number of nitrogens with one attached hydrogen (secondary N) is 1. The molecule has 2 heterocycles. The summed E-state index contributed by atoms with van der Waals surface area (Å²) in [6.07, 6.45) is 0.522. The molecule has 10 heteroatoms. The van der Waals surface area contributed by atoms with Gasteiger partial charge in [-0.15, -0.1) is 11.3 Å². The smallest absolute Gasteiger partial charge is 0.270 e. The Morgan fingerprint density at radius 3 is 2.81 bits per heavy atom. The molecule has 0 unspecified atom stereocenters. The number of hydrogen-bond acceptors (Lipinski definition) is 6.